The molecule has 1 aliphatic rings. The summed E-state index contributed by atoms with van der Waals surface area (Å²) in [6.07, 6.45) is -0.108. The predicted octanol–water partition coefficient (Wildman–Crippen LogP) is 3.59. The van der Waals surface area contributed by atoms with Gasteiger partial charge in [0.2, 0.25) is 11.8 Å². The highest BCUT2D eigenvalue weighted by atomic mass is 32.2. The zero-order valence-corrected chi connectivity index (χ0v) is 17.2. The zero-order chi connectivity index (χ0) is 21.7. The monoisotopic (exact) mass is 429 g/mol. The van der Waals surface area contributed by atoms with Gasteiger partial charge < -0.3 is 10.1 Å². The lowest BCUT2D eigenvalue weighted by Gasteiger charge is -2.09. The van der Waals surface area contributed by atoms with Crippen molar-refractivity contribution in [1.29, 1.82) is 0 Å². The number of halogens is 1. The van der Waals surface area contributed by atoms with Gasteiger partial charge in [0.1, 0.15) is 11.1 Å². The van der Waals surface area contributed by atoms with Gasteiger partial charge in [-0.15, -0.1) is 0 Å². The number of nitrogens with one attached hydrogen (secondary N) is 1. The van der Waals surface area contributed by atoms with E-state index in [9.17, 15) is 18.8 Å². The largest absolute Gasteiger partial charge is 0.462 e. The summed E-state index contributed by atoms with van der Waals surface area (Å²) in [6, 6.07) is 12.3. The molecule has 1 atom stereocenters. The summed E-state index contributed by atoms with van der Waals surface area (Å²) in [5, 5.41) is 2.27. The van der Waals surface area contributed by atoms with E-state index < -0.39 is 22.9 Å². The molecule has 156 valence electrons. The number of anilines is 1. The van der Waals surface area contributed by atoms with Crippen LogP contribution >= 0.6 is 11.8 Å². The third-order valence-corrected chi connectivity index (χ3v) is 5.49. The van der Waals surface area contributed by atoms with Crippen LogP contribution in [0.2, 0.25) is 0 Å². The van der Waals surface area contributed by atoms with Gasteiger partial charge in [0.15, 0.2) is 5.17 Å². The average Bonchev–Trinajstić information content (AvgIpc) is 2.98. The van der Waals surface area contributed by atoms with Crippen molar-refractivity contribution in [2.45, 2.75) is 18.6 Å². The normalized spacial score (nSPS) is 17.3. The lowest BCUT2D eigenvalue weighted by atomic mass is 10.2. The number of rotatable bonds is 6. The summed E-state index contributed by atoms with van der Waals surface area (Å²) >= 11 is 1.16. The molecule has 2 aromatic carbocycles. The molecule has 1 fully saturated rings. The van der Waals surface area contributed by atoms with Gasteiger partial charge in [-0.25, -0.2) is 14.2 Å². The number of hydrogen-bond donors (Lipinski definition) is 1. The minimum absolute atomic E-state index is 0.0712. The SMILES string of the molecule is CCOC(=O)c1ccc(N=C2S[C@H](CC(=O)Nc3ccccc3F)C(=O)N2C)cc1. The van der Waals surface area contributed by atoms with E-state index in [1.807, 2.05) is 0 Å². The summed E-state index contributed by atoms with van der Waals surface area (Å²) in [5.74, 6) is -1.67. The van der Waals surface area contributed by atoms with Crippen LogP contribution in [-0.4, -0.2) is 46.8 Å². The Morgan fingerprint density at radius 2 is 1.90 bits per heavy atom. The maximum atomic E-state index is 13.7. The summed E-state index contributed by atoms with van der Waals surface area (Å²) in [7, 11) is 1.58. The maximum Gasteiger partial charge on any atom is 0.338 e. The number of hydrogen-bond acceptors (Lipinski definition) is 6. The Balaban J connectivity index is 1.66. The smallest absolute Gasteiger partial charge is 0.338 e. The molecule has 30 heavy (non-hydrogen) atoms. The molecule has 7 nitrogen and oxygen atoms in total. The van der Waals surface area contributed by atoms with E-state index in [1.54, 1.807) is 44.3 Å². The van der Waals surface area contributed by atoms with Gasteiger partial charge in [0.05, 0.1) is 23.5 Å². The Hall–Kier alpha value is -3.20. The summed E-state index contributed by atoms with van der Waals surface area (Å²) in [4.78, 5) is 42.3. The molecule has 2 amide bonds. The zero-order valence-electron chi connectivity index (χ0n) is 16.4. The molecule has 0 unspecified atom stereocenters. The highest BCUT2D eigenvalue weighted by Crippen LogP contribution is 2.31. The number of amidine groups is 1. The number of amides is 2. The van der Waals surface area contributed by atoms with Crippen molar-refractivity contribution in [3.8, 4) is 0 Å². The number of aliphatic imine (C=N–C) groups is 1. The molecule has 0 bridgehead atoms. The van der Waals surface area contributed by atoms with Crippen LogP contribution in [0.15, 0.2) is 53.5 Å². The molecule has 0 radical (unpaired) electrons. The summed E-state index contributed by atoms with van der Waals surface area (Å²) < 4.78 is 18.6. The second kappa shape index (κ2) is 9.53. The van der Waals surface area contributed by atoms with Crippen molar-refractivity contribution in [3.05, 3.63) is 59.9 Å². The van der Waals surface area contributed by atoms with Gasteiger partial charge in [0.25, 0.3) is 0 Å². The number of benzene rings is 2. The fraction of sp³-hybridized carbons (Fsp3) is 0.238. The fourth-order valence-corrected chi connectivity index (χ4v) is 3.88. The van der Waals surface area contributed by atoms with Crippen molar-refractivity contribution in [1.82, 2.24) is 4.90 Å². The van der Waals surface area contributed by atoms with Crippen LogP contribution in [0.5, 0.6) is 0 Å². The van der Waals surface area contributed by atoms with Crippen LogP contribution in [0.25, 0.3) is 0 Å². The van der Waals surface area contributed by atoms with Gasteiger partial charge >= 0.3 is 5.97 Å². The molecule has 1 heterocycles. The Bertz CT molecular complexity index is 994. The Kier molecular flexibility index (Phi) is 6.83. The van der Waals surface area contributed by atoms with Gasteiger partial charge in [-0.05, 0) is 43.3 Å². The number of ether oxygens (including phenoxy) is 1. The third-order valence-electron chi connectivity index (χ3n) is 4.26. The standard InChI is InChI=1S/C21H20FN3O4S/c1-3-29-20(28)13-8-10-14(11-9-13)23-21-25(2)19(27)17(30-21)12-18(26)24-16-7-5-4-6-15(16)22/h4-11,17H,3,12H2,1-2H3,(H,24,26)/t17-/m1/s1. The molecule has 1 N–H and O–H groups in total. The number of carbonyl (C=O) groups is 3. The number of carbonyl (C=O) groups excluding carboxylic acids is 3. The van der Waals surface area contributed by atoms with Gasteiger partial charge in [-0.3, -0.25) is 14.5 Å². The van der Waals surface area contributed by atoms with Gasteiger partial charge in [0, 0.05) is 13.5 Å². The minimum Gasteiger partial charge on any atom is -0.462 e. The van der Waals surface area contributed by atoms with Crippen molar-refractivity contribution in [3.63, 3.8) is 0 Å². The second-order valence-corrected chi connectivity index (χ2v) is 7.57. The first-order chi connectivity index (χ1) is 14.4. The molecule has 9 heteroatoms. The van der Waals surface area contributed by atoms with E-state index in [1.165, 1.54) is 23.1 Å². The second-order valence-electron chi connectivity index (χ2n) is 6.40. The summed E-state index contributed by atoms with van der Waals surface area (Å²) in [5.41, 5.74) is 1.04. The Morgan fingerprint density at radius 3 is 2.57 bits per heavy atom. The molecule has 3 rings (SSSR count). The highest BCUT2D eigenvalue weighted by molar-refractivity contribution is 8.15. The number of esters is 1. The van der Waals surface area contributed by atoms with Crippen LogP contribution in [0.1, 0.15) is 23.7 Å². The quantitative estimate of drug-likeness (QED) is 0.709. The van der Waals surface area contributed by atoms with Crippen molar-refractivity contribution >= 4 is 46.1 Å². The van der Waals surface area contributed by atoms with Crippen LogP contribution in [0.4, 0.5) is 15.8 Å². The van der Waals surface area contributed by atoms with E-state index in [2.05, 4.69) is 10.3 Å². The average molecular weight is 429 g/mol. The van der Waals surface area contributed by atoms with E-state index in [-0.39, 0.29) is 24.6 Å². The molecule has 0 spiro atoms. The molecule has 0 aliphatic carbocycles. The molecular weight excluding hydrogens is 409 g/mol. The van der Waals surface area contributed by atoms with Crippen molar-refractivity contribution < 1.29 is 23.5 Å². The van der Waals surface area contributed by atoms with Crippen molar-refractivity contribution in [2.24, 2.45) is 4.99 Å². The Morgan fingerprint density at radius 1 is 1.20 bits per heavy atom. The van der Waals surface area contributed by atoms with Crippen LogP contribution < -0.4 is 5.32 Å². The first-order valence-corrected chi connectivity index (χ1v) is 10.1. The molecule has 1 aliphatic heterocycles. The van der Waals surface area contributed by atoms with Crippen LogP contribution in [-0.2, 0) is 14.3 Å². The third kappa shape index (κ3) is 5.04. The topological polar surface area (TPSA) is 88.1 Å². The van der Waals surface area contributed by atoms with E-state index in [4.69, 9.17) is 4.74 Å². The molecule has 1 saturated heterocycles. The molecule has 0 aromatic heterocycles. The van der Waals surface area contributed by atoms with Crippen LogP contribution in [0.3, 0.4) is 0 Å². The number of para-hydroxylation sites is 1. The first-order valence-electron chi connectivity index (χ1n) is 9.23. The van der Waals surface area contributed by atoms with Crippen molar-refractivity contribution in [2.75, 3.05) is 19.0 Å². The molecule has 2 aromatic rings. The molecular formula is C21H20FN3O4S. The number of nitrogens with zero attached hydrogens (tertiary/aromatic N) is 2. The lowest BCUT2D eigenvalue weighted by molar-refractivity contribution is -0.127. The van der Waals surface area contributed by atoms with Gasteiger partial charge in [-0.2, -0.15) is 0 Å². The fourth-order valence-electron chi connectivity index (χ4n) is 2.73. The number of thioether (sulfide) groups is 1. The van der Waals surface area contributed by atoms with E-state index in [0.29, 0.717) is 16.4 Å². The van der Waals surface area contributed by atoms with E-state index in [0.717, 1.165) is 11.8 Å². The highest BCUT2D eigenvalue weighted by Gasteiger charge is 2.37. The van der Waals surface area contributed by atoms with Crippen LogP contribution in [0, 0.1) is 5.82 Å². The van der Waals surface area contributed by atoms with Gasteiger partial charge in [-0.1, -0.05) is 23.9 Å². The predicted molar refractivity (Wildman–Crippen MR) is 113 cm³/mol. The minimum atomic E-state index is -0.653. The first kappa shape index (κ1) is 21.5. The lowest BCUT2D eigenvalue weighted by Crippen LogP contribution is -2.30. The Labute approximate surface area is 177 Å². The summed E-state index contributed by atoms with van der Waals surface area (Å²) in [6.45, 7) is 2.02. The van der Waals surface area contributed by atoms with E-state index >= 15 is 0 Å². The maximum absolute atomic E-state index is 13.7. The molecule has 0 saturated carbocycles.